The van der Waals surface area contributed by atoms with Gasteiger partial charge in [-0.1, -0.05) is 45.0 Å². The van der Waals surface area contributed by atoms with Crippen molar-refractivity contribution in [3.8, 4) is 5.75 Å². The van der Waals surface area contributed by atoms with Gasteiger partial charge in [-0.2, -0.15) is 4.98 Å². The minimum Gasteiger partial charge on any atom is -0.497 e. The van der Waals surface area contributed by atoms with Crippen LogP contribution in [0.3, 0.4) is 0 Å². The van der Waals surface area contributed by atoms with E-state index in [1.54, 1.807) is 14.2 Å². The predicted molar refractivity (Wildman–Crippen MR) is 123 cm³/mol. The number of aliphatic imine (C=N–C) groups is 1. The van der Waals surface area contributed by atoms with Crippen molar-refractivity contribution in [2.45, 2.75) is 52.0 Å². The Labute approximate surface area is 184 Å². The van der Waals surface area contributed by atoms with Crippen molar-refractivity contribution < 1.29 is 9.26 Å². The number of rotatable bonds is 7. The standard InChI is InChI=1S/C20H31N5O2.HI/c1-14(15-7-9-16(26-6)10-8-15)11-12-22-19(21-5)23-13-17-24-18(27-25-17)20(2,3)4;/h7-10,14H,11-13H2,1-6H3,(H2,21,22,23);1H. The number of benzene rings is 1. The molecule has 0 amide bonds. The smallest absolute Gasteiger partial charge is 0.232 e. The first-order valence-electron chi connectivity index (χ1n) is 9.25. The van der Waals surface area contributed by atoms with E-state index in [0.29, 0.717) is 24.2 Å². The molecule has 0 saturated heterocycles. The Bertz CT molecular complexity index is 738. The van der Waals surface area contributed by atoms with Crippen molar-refractivity contribution in [3.63, 3.8) is 0 Å². The highest BCUT2D eigenvalue weighted by molar-refractivity contribution is 14.0. The highest BCUT2D eigenvalue weighted by Crippen LogP contribution is 2.21. The van der Waals surface area contributed by atoms with Crippen LogP contribution < -0.4 is 15.4 Å². The lowest BCUT2D eigenvalue weighted by Crippen LogP contribution is -2.37. The van der Waals surface area contributed by atoms with Crippen LogP contribution in [0, 0.1) is 0 Å². The van der Waals surface area contributed by atoms with Crippen LogP contribution in [0.25, 0.3) is 0 Å². The van der Waals surface area contributed by atoms with Gasteiger partial charge in [0.15, 0.2) is 11.8 Å². The first-order valence-corrected chi connectivity index (χ1v) is 9.25. The summed E-state index contributed by atoms with van der Waals surface area (Å²) in [6.45, 7) is 9.62. The molecule has 1 atom stereocenters. The summed E-state index contributed by atoms with van der Waals surface area (Å²) < 4.78 is 10.5. The molecule has 0 aliphatic carbocycles. The number of ether oxygens (including phenoxy) is 1. The van der Waals surface area contributed by atoms with Gasteiger partial charge in [-0.25, -0.2) is 0 Å². The fourth-order valence-corrected chi connectivity index (χ4v) is 2.52. The Balaban J connectivity index is 0.00000392. The van der Waals surface area contributed by atoms with Crippen molar-refractivity contribution in [3.05, 3.63) is 41.5 Å². The second-order valence-corrected chi connectivity index (χ2v) is 7.58. The average molecular weight is 501 g/mol. The van der Waals surface area contributed by atoms with Crippen LogP contribution in [0.1, 0.15) is 57.3 Å². The Hall–Kier alpha value is -1.84. The lowest BCUT2D eigenvalue weighted by molar-refractivity contribution is 0.318. The molecule has 0 bridgehead atoms. The Morgan fingerprint density at radius 3 is 2.43 bits per heavy atom. The van der Waals surface area contributed by atoms with Crippen LogP contribution in [0.5, 0.6) is 5.75 Å². The molecular weight excluding hydrogens is 469 g/mol. The zero-order chi connectivity index (χ0) is 19.9. The summed E-state index contributed by atoms with van der Waals surface area (Å²) in [7, 11) is 3.43. The molecule has 2 aromatic rings. The van der Waals surface area contributed by atoms with Crippen LogP contribution in [0.2, 0.25) is 0 Å². The largest absolute Gasteiger partial charge is 0.497 e. The van der Waals surface area contributed by atoms with Gasteiger partial charge >= 0.3 is 0 Å². The first-order chi connectivity index (χ1) is 12.8. The molecule has 156 valence electrons. The van der Waals surface area contributed by atoms with Gasteiger partial charge in [0, 0.05) is 19.0 Å². The lowest BCUT2D eigenvalue weighted by Gasteiger charge is -2.15. The van der Waals surface area contributed by atoms with Gasteiger partial charge in [0.25, 0.3) is 0 Å². The molecule has 0 spiro atoms. The maximum Gasteiger partial charge on any atom is 0.232 e. The van der Waals surface area contributed by atoms with Gasteiger partial charge in [-0.15, -0.1) is 24.0 Å². The molecule has 1 unspecified atom stereocenters. The molecular formula is C20H32IN5O2. The summed E-state index contributed by atoms with van der Waals surface area (Å²) in [5.74, 6) is 3.29. The van der Waals surface area contributed by atoms with Crippen LogP contribution >= 0.6 is 24.0 Å². The van der Waals surface area contributed by atoms with Gasteiger partial charge in [0.2, 0.25) is 5.89 Å². The molecule has 2 N–H and O–H groups in total. The molecule has 28 heavy (non-hydrogen) atoms. The number of hydrogen-bond donors (Lipinski definition) is 2. The SMILES string of the molecule is CN=C(NCCC(C)c1ccc(OC)cc1)NCc1noc(C(C)(C)C)n1.I. The normalized spacial score (nSPS) is 12.9. The number of methoxy groups -OCH3 is 1. The number of halogens is 1. The molecule has 1 heterocycles. The van der Waals surface area contributed by atoms with Crippen molar-refractivity contribution in [2.24, 2.45) is 4.99 Å². The van der Waals surface area contributed by atoms with Crippen molar-refractivity contribution in [2.75, 3.05) is 20.7 Å². The maximum absolute atomic E-state index is 5.30. The number of aromatic nitrogens is 2. The van der Waals surface area contributed by atoms with Gasteiger partial charge in [-0.05, 0) is 30.0 Å². The Kier molecular flexibility index (Phi) is 9.71. The van der Waals surface area contributed by atoms with E-state index in [2.05, 4.69) is 44.8 Å². The Morgan fingerprint density at radius 1 is 1.21 bits per heavy atom. The topological polar surface area (TPSA) is 84.6 Å². The average Bonchev–Trinajstić information content (AvgIpc) is 3.14. The summed E-state index contributed by atoms with van der Waals surface area (Å²) in [6.07, 6.45) is 0.989. The van der Waals surface area contributed by atoms with E-state index in [4.69, 9.17) is 9.26 Å². The van der Waals surface area contributed by atoms with Crippen LogP contribution in [-0.4, -0.2) is 36.8 Å². The highest BCUT2D eigenvalue weighted by atomic mass is 127. The molecule has 1 aromatic carbocycles. The maximum atomic E-state index is 5.30. The molecule has 0 fully saturated rings. The summed E-state index contributed by atoms with van der Waals surface area (Å²) in [4.78, 5) is 8.66. The van der Waals surface area contributed by atoms with E-state index in [1.165, 1.54) is 5.56 Å². The molecule has 7 nitrogen and oxygen atoms in total. The lowest BCUT2D eigenvalue weighted by atomic mass is 9.97. The number of guanidine groups is 1. The van der Waals surface area contributed by atoms with Crippen LogP contribution in [-0.2, 0) is 12.0 Å². The van der Waals surface area contributed by atoms with Gasteiger partial charge in [-0.3, -0.25) is 4.99 Å². The van der Waals surface area contributed by atoms with Crippen molar-refractivity contribution >= 4 is 29.9 Å². The van der Waals surface area contributed by atoms with Crippen LogP contribution in [0.15, 0.2) is 33.8 Å². The summed E-state index contributed by atoms with van der Waals surface area (Å²) in [5, 5.41) is 10.6. The Morgan fingerprint density at radius 2 is 1.89 bits per heavy atom. The quantitative estimate of drug-likeness (QED) is 0.341. The summed E-state index contributed by atoms with van der Waals surface area (Å²) >= 11 is 0. The van der Waals surface area contributed by atoms with E-state index >= 15 is 0 Å². The van der Waals surface area contributed by atoms with Crippen molar-refractivity contribution in [1.82, 2.24) is 20.8 Å². The second-order valence-electron chi connectivity index (χ2n) is 7.58. The van der Waals surface area contributed by atoms with E-state index in [1.807, 2.05) is 32.9 Å². The summed E-state index contributed by atoms with van der Waals surface area (Å²) in [6, 6.07) is 8.21. The molecule has 8 heteroatoms. The number of nitrogens with zero attached hydrogens (tertiary/aromatic N) is 3. The third kappa shape index (κ3) is 7.29. The third-order valence-electron chi connectivity index (χ3n) is 4.30. The van der Waals surface area contributed by atoms with E-state index < -0.39 is 0 Å². The van der Waals surface area contributed by atoms with Gasteiger partial charge < -0.3 is 19.9 Å². The van der Waals surface area contributed by atoms with Gasteiger partial charge in [0.05, 0.1) is 13.7 Å². The van der Waals surface area contributed by atoms with E-state index in [9.17, 15) is 0 Å². The van der Waals surface area contributed by atoms with Crippen molar-refractivity contribution in [1.29, 1.82) is 0 Å². The molecule has 0 aliphatic rings. The number of nitrogens with one attached hydrogen (secondary N) is 2. The highest BCUT2D eigenvalue weighted by Gasteiger charge is 2.21. The fraction of sp³-hybridized carbons (Fsp3) is 0.550. The minimum atomic E-state index is -0.150. The molecule has 0 saturated carbocycles. The van der Waals surface area contributed by atoms with Crippen LogP contribution in [0.4, 0.5) is 0 Å². The molecule has 2 rings (SSSR count). The number of hydrogen-bond acceptors (Lipinski definition) is 5. The zero-order valence-electron chi connectivity index (χ0n) is 17.6. The molecule has 0 aliphatic heterocycles. The van der Waals surface area contributed by atoms with Gasteiger partial charge in [0.1, 0.15) is 5.75 Å². The first kappa shape index (κ1) is 24.2. The second kappa shape index (κ2) is 11.2. The monoisotopic (exact) mass is 501 g/mol. The van der Waals surface area contributed by atoms with E-state index in [-0.39, 0.29) is 29.4 Å². The zero-order valence-corrected chi connectivity index (χ0v) is 19.9. The fourth-order valence-electron chi connectivity index (χ4n) is 2.52. The minimum absolute atomic E-state index is 0. The predicted octanol–water partition coefficient (Wildman–Crippen LogP) is 3.85. The molecule has 1 aromatic heterocycles. The summed E-state index contributed by atoms with van der Waals surface area (Å²) in [5.41, 5.74) is 1.14. The third-order valence-corrected chi connectivity index (χ3v) is 4.30. The molecule has 0 radical (unpaired) electrons. The van der Waals surface area contributed by atoms with E-state index in [0.717, 1.165) is 24.7 Å².